The molecule has 0 spiro atoms. The van der Waals surface area contributed by atoms with Crippen LogP contribution in [-0.4, -0.2) is 19.9 Å². The first-order chi connectivity index (χ1) is 11.6. The third kappa shape index (κ3) is 4.89. The molecule has 2 aromatic carbocycles. The molecule has 0 unspecified atom stereocenters. The van der Waals surface area contributed by atoms with Crippen molar-refractivity contribution in [1.29, 1.82) is 0 Å². The van der Waals surface area contributed by atoms with Crippen molar-refractivity contribution in [3.05, 3.63) is 58.1 Å². The molecule has 0 aliphatic carbocycles. The molecule has 0 aliphatic heterocycles. The molecule has 3 nitrogen and oxygen atoms in total. The summed E-state index contributed by atoms with van der Waals surface area (Å²) in [5, 5.41) is -0.120. The van der Waals surface area contributed by atoms with Crippen LogP contribution >= 0.6 is 11.6 Å². The van der Waals surface area contributed by atoms with Crippen LogP contribution in [0.3, 0.4) is 0 Å². The van der Waals surface area contributed by atoms with Crippen molar-refractivity contribution in [2.24, 2.45) is 0 Å². The Hall–Kier alpha value is -2.21. The minimum Gasteiger partial charge on any atom is -0.487 e. The van der Waals surface area contributed by atoms with Crippen LogP contribution in [0.1, 0.15) is 28.4 Å². The van der Waals surface area contributed by atoms with E-state index in [2.05, 4.69) is 0 Å². The zero-order valence-electron chi connectivity index (χ0n) is 13.9. The Morgan fingerprint density at radius 2 is 1.84 bits per heavy atom. The molecule has 2 rings (SSSR count). The van der Waals surface area contributed by atoms with Crippen LogP contribution in [0.4, 0.5) is 18.9 Å². The molecule has 134 valence electrons. The summed E-state index contributed by atoms with van der Waals surface area (Å²) in [4.78, 5) is 13.5. The van der Waals surface area contributed by atoms with E-state index in [0.29, 0.717) is 11.1 Å². The van der Waals surface area contributed by atoms with Gasteiger partial charge in [-0.2, -0.15) is 13.2 Å². The first kappa shape index (κ1) is 19.1. The number of hydrogen-bond acceptors (Lipinski definition) is 3. The van der Waals surface area contributed by atoms with E-state index in [9.17, 15) is 18.0 Å². The van der Waals surface area contributed by atoms with Gasteiger partial charge in [-0.1, -0.05) is 11.6 Å². The van der Waals surface area contributed by atoms with Crippen LogP contribution in [0.2, 0.25) is 5.02 Å². The summed E-state index contributed by atoms with van der Waals surface area (Å²) in [7, 11) is 3.69. The SMILES string of the molecule is CC(=O)c1cc(COc2ccc(C(F)(F)F)cc2Cl)cc(N(C)C)c1. The molecule has 0 saturated carbocycles. The van der Waals surface area contributed by atoms with E-state index in [1.165, 1.54) is 13.0 Å². The molecular weight excluding hydrogens is 355 g/mol. The van der Waals surface area contributed by atoms with Gasteiger partial charge in [0.05, 0.1) is 10.6 Å². The quantitative estimate of drug-likeness (QED) is 0.676. The van der Waals surface area contributed by atoms with E-state index < -0.39 is 11.7 Å². The maximum atomic E-state index is 12.7. The number of anilines is 1. The van der Waals surface area contributed by atoms with E-state index in [-0.39, 0.29) is 23.2 Å². The second-order valence-electron chi connectivity index (χ2n) is 5.77. The average molecular weight is 372 g/mol. The Morgan fingerprint density at radius 1 is 1.16 bits per heavy atom. The molecule has 0 aliphatic rings. The van der Waals surface area contributed by atoms with E-state index >= 15 is 0 Å². The molecule has 2 aromatic rings. The lowest BCUT2D eigenvalue weighted by molar-refractivity contribution is -0.137. The van der Waals surface area contributed by atoms with Gasteiger partial charge in [0.2, 0.25) is 0 Å². The Morgan fingerprint density at radius 3 is 2.36 bits per heavy atom. The summed E-state index contributed by atoms with van der Waals surface area (Å²) < 4.78 is 43.5. The van der Waals surface area contributed by atoms with Gasteiger partial charge in [-0.15, -0.1) is 0 Å². The number of nitrogens with zero attached hydrogens (tertiary/aromatic N) is 1. The predicted molar refractivity (Wildman–Crippen MR) is 91.6 cm³/mol. The largest absolute Gasteiger partial charge is 0.487 e. The smallest absolute Gasteiger partial charge is 0.416 e. The number of Topliss-reactive ketones (excluding diaryl/α,β-unsaturated/α-hetero) is 1. The van der Waals surface area contributed by atoms with Crippen LogP contribution in [0.25, 0.3) is 0 Å². The molecule has 0 N–H and O–H groups in total. The fourth-order valence-electron chi connectivity index (χ4n) is 2.17. The molecule has 0 bridgehead atoms. The molecule has 0 saturated heterocycles. The topological polar surface area (TPSA) is 29.5 Å². The number of ether oxygens (including phenoxy) is 1. The Kier molecular flexibility index (Phi) is 5.62. The van der Waals surface area contributed by atoms with Gasteiger partial charge >= 0.3 is 6.18 Å². The molecule has 25 heavy (non-hydrogen) atoms. The zero-order valence-corrected chi connectivity index (χ0v) is 14.7. The van der Waals surface area contributed by atoms with E-state index in [0.717, 1.165) is 17.8 Å². The second kappa shape index (κ2) is 7.35. The van der Waals surface area contributed by atoms with Gasteiger partial charge in [-0.3, -0.25) is 4.79 Å². The molecular formula is C18H17ClF3NO2. The second-order valence-corrected chi connectivity index (χ2v) is 6.18. The number of benzene rings is 2. The van der Waals surface area contributed by atoms with Crippen molar-refractivity contribution >= 4 is 23.1 Å². The van der Waals surface area contributed by atoms with Gasteiger partial charge < -0.3 is 9.64 Å². The van der Waals surface area contributed by atoms with Gasteiger partial charge in [0.15, 0.2) is 5.78 Å². The number of hydrogen-bond donors (Lipinski definition) is 0. The van der Waals surface area contributed by atoms with E-state index in [1.807, 2.05) is 25.1 Å². The van der Waals surface area contributed by atoms with Crippen molar-refractivity contribution in [2.45, 2.75) is 19.7 Å². The van der Waals surface area contributed by atoms with Crippen LogP contribution in [0, 0.1) is 0 Å². The summed E-state index contributed by atoms with van der Waals surface area (Å²) in [6.45, 7) is 1.54. The highest BCUT2D eigenvalue weighted by Crippen LogP contribution is 2.35. The van der Waals surface area contributed by atoms with Crippen molar-refractivity contribution in [3.63, 3.8) is 0 Å². The van der Waals surface area contributed by atoms with Gasteiger partial charge in [0, 0.05) is 25.3 Å². The average Bonchev–Trinajstić information content (AvgIpc) is 2.52. The van der Waals surface area contributed by atoms with Crippen molar-refractivity contribution in [3.8, 4) is 5.75 Å². The predicted octanol–water partition coefficient (Wildman–Crippen LogP) is 5.21. The zero-order chi connectivity index (χ0) is 18.8. The van der Waals surface area contributed by atoms with Gasteiger partial charge in [-0.05, 0) is 48.9 Å². The van der Waals surface area contributed by atoms with E-state index in [1.54, 1.807) is 12.1 Å². The minimum absolute atomic E-state index is 0.0764. The number of alkyl halides is 3. The number of carbonyl (C=O) groups excluding carboxylic acids is 1. The summed E-state index contributed by atoms with van der Waals surface area (Å²) in [5.74, 6) is 0.0619. The lowest BCUT2D eigenvalue weighted by Gasteiger charge is -2.16. The number of ketones is 1. The third-order valence-electron chi connectivity index (χ3n) is 3.55. The summed E-state index contributed by atoms with van der Waals surface area (Å²) >= 11 is 5.88. The van der Waals surface area contributed by atoms with Crippen molar-refractivity contribution < 1.29 is 22.7 Å². The maximum Gasteiger partial charge on any atom is 0.416 e. The lowest BCUT2D eigenvalue weighted by atomic mass is 10.1. The fraction of sp³-hybridized carbons (Fsp3) is 0.278. The first-order valence-corrected chi connectivity index (χ1v) is 7.77. The Balaban J connectivity index is 2.22. The molecule has 0 fully saturated rings. The lowest BCUT2D eigenvalue weighted by Crippen LogP contribution is -2.11. The van der Waals surface area contributed by atoms with Gasteiger partial charge in [0.1, 0.15) is 12.4 Å². The highest BCUT2D eigenvalue weighted by molar-refractivity contribution is 6.32. The summed E-state index contributed by atoms with van der Waals surface area (Å²) in [6.07, 6.45) is -4.46. The normalized spacial score (nSPS) is 11.3. The molecule has 7 heteroatoms. The fourth-order valence-corrected chi connectivity index (χ4v) is 2.41. The monoisotopic (exact) mass is 371 g/mol. The van der Waals surface area contributed by atoms with Gasteiger partial charge in [0.25, 0.3) is 0 Å². The van der Waals surface area contributed by atoms with Crippen LogP contribution in [-0.2, 0) is 12.8 Å². The molecule has 0 radical (unpaired) electrons. The molecule has 0 atom stereocenters. The number of carbonyl (C=O) groups is 1. The molecule has 0 aromatic heterocycles. The van der Waals surface area contributed by atoms with Crippen molar-refractivity contribution in [1.82, 2.24) is 0 Å². The first-order valence-electron chi connectivity index (χ1n) is 7.39. The highest BCUT2D eigenvalue weighted by atomic mass is 35.5. The summed E-state index contributed by atoms with van der Waals surface area (Å²) in [6, 6.07) is 8.22. The standard InChI is InChI=1S/C18H17ClF3NO2/c1-11(24)13-6-12(7-15(8-13)23(2)3)10-25-17-5-4-14(9-16(17)19)18(20,21)22/h4-9H,10H2,1-3H3. The maximum absolute atomic E-state index is 12.7. The molecule has 0 amide bonds. The minimum atomic E-state index is -4.46. The number of rotatable bonds is 5. The third-order valence-corrected chi connectivity index (χ3v) is 3.85. The van der Waals surface area contributed by atoms with Crippen LogP contribution < -0.4 is 9.64 Å². The van der Waals surface area contributed by atoms with Crippen LogP contribution in [0.5, 0.6) is 5.75 Å². The molecule has 0 heterocycles. The number of halogens is 4. The van der Waals surface area contributed by atoms with Crippen molar-refractivity contribution in [2.75, 3.05) is 19.0 Å². The Labute approximate surface area is 149 Å². The van der Waals surface area contributed by atoms with E-state index in [4.69, 9.17) is 16.3 Å². The Bertz CT molecular complexity index is 788. The van der Waals surface area contributed by atoms with Gasteiger partial charge in [-0.25, -0.2) is 0 Å². The summed E-state index contributed by atoms with van der Waals surface area (Å²) in [5.41, 5.74) is 1.24. The highest BCUT2D eigenvalue weighted by Gasteiger charge is 2.31. The van der Waals surface area contributed by atoms with Crippen LogP contribution in [0.15, 0.2) is 36.4 Å².